The minimum atomic E-state index is -0.885. The first-order chi connectivity index (χ1) is 19.2. The van der Waals surface area contributed by atoms with Crippen LogP contribution in [0.5, 0.6) is 5.75 Å². The van der Waals surface area contributed by atoms with Gasteiger partial charge >= 0.3 is 0 Å². The van der Waals surface area contributed by atoms with Gasteiger partial charge in [-0.2, -0.15) is 0 Å². The van der Waals surface area contributed by atoms with Gasteiger partial charge in [0.05, 0.1) is 6.04 Å². The summed E-state index contributed by atoms with van der Waals surface area (Å²) in [6.07, 6.45) is 0.952. The Bertz CT molecular complexity index is 1330. The van der Waals surface area contributed by atoms with Gasteiger partial charge in [0.1, 0.15) is 23.4 Å². The highest BCUT2D eigenvalue weighted by atomic mass is 19.1. The minimum Gasteiger partial charge on any atom is -0.508 e. The predicted octanol–water partition coefficient (Wildman–Crippen LogP) is 3.57. The maximum Gasteiger partial charge on any atom is 0.242 e. The molecule has 1 aliphatic heterocycles. The van der Waals surface area contributed by atoms with E-state index in [4.69, 9.17) is 11.5 Å². The third-order valence-electron chi connectivity index (χ3n) is 6.89. The Kier molecular flexibility index (Phi) is 9.34. The second-order valence-corrected chi connectivity index (χ2v) is 9.76. The number of hydrogen-bond donors (Lipinski definition) is 5. The van der Waals surface area contributed by atoms with E-state index in [1.54, 1.807) is 0 Å². The van der Waals surface area contributed by atoms with Gasteiger partial charge in [0.15, 0.2) is 5.96 Å². The highest BCUT2D eigenvalue weighted by Gasteiger charge is 2.33. The van der Waals surface area contributed by atoms with Crippen LogP contribution in [0.4, 0.5) is 8.78 Å². The monoisotopic (exact) mass is 548 g/mol. The molecule has 0 saturated heterocycles. The van der Waals surface area contributed by atoms with Crippen LogP contribution in [0.25, 0.3) is 0 Å². The molecular weight excluding hydrogens is 514 g/mol. The van der Waals surface area contributed by atoms with Crippen LogP contribution in [-0.4, -0.2) is 34.5 Å². The molecule has 8 nitrogen and oxygen atoms in total. The summed E-state index contributed by atoms with van der Waals surface area (Å²) in [6, 6.07) is 18.2. The van der Waals surface area contributed by atoms with Gasteiger partial charge in [-0.05, 0) is 29.5 Å². The Labute approximate surface area is 232 Å². The normalized spacial score (nSPS) is 14.2. The summed E-state index contributed by atoms with van der Waals surface area (Å²) in [5.41, 5.74) is 14.2. The second-order valence-electron chi connectivity index (χ2n) is 9.76. The fourth-order valence-corrected chi connectivity index (χ4v) is 4.88. The quantitative estimate of drug-likeness (QED) is 0.134. The van der Waals surface area contributed by atoms with Crippen molar-refractivity contribution in [3.63, 3.8) is 0 Å². The number of carbonyl (C=O) groups is 1. The number of guanidine groups is 1. The van der Waals surface area contributed by atoms with Crippen molar-refractivity contribution in [1.29, 1.82) is 0 Å². The molecule has 0 aliphatic carbocycles. The summed E-state index contributed by atoms with van der Waals surface area (Å²) in [4.78, 5) is 20.0. The zero-order chi connectivity index (χ0) is 28.6. The van der Waals surface area contributed by atoms with E-state index in [9.17, 15) is 18.7 Å². The fraction of sp³-hybridized carbons (Fsp3) is 0.267. The van der Waals surface area contributed by atoms with Crippen LogP contribution in [0.1, 0.15) is 41.1 Å². The van der Waals surface area contributed by atoms with Crippen LogP contribution in [0.15, 0.2) is 84.0 Å². The number of nitrogens with zero attached hydrogens (tertiary/aromatic N) is 2. The summed E-state index contributed by atoms with van der Waals surface area (Å²) < 4.78 is 28.6. The molecule has 10 heteroatoms. The van der Waals surface area contributed by atoms with Crippen LogP contribution in [-0.2, 0) is 24.4 Å². The van der Waals surface area contributed by atoms with E-state index in [2.05, 4.69) is 39.2 Å². The summed E-state index contributed by atoms with van der Waals surface area (Å²) in [5.74, 6) is -2.53. The van der Waals surface area contributed by atoms with Gasteiger partial charge in [0.2, 0.25) is 5.91 Å². The molecule has 1 aliphatic rings. The molecule has 1 amide bonds. The number of benzene rings is 3. The third kappa shape index (κ3) is 7.15. The highest BCUT2D eigenvalue weighted by molar-refractivity contribution is 5.84. The molecule has 0 radical (unpaired) electrons. The van der Waals surface area contributed by atoms with Crippen molar-refractivity contribution in [2.24, 2.45) is 16.5 Å². The SMILES string of the molecule is C=C(NCc1c(F)cc(O)cc1F)C(CCCN=C(N)N)NC(=O)C(c1ccccc1)N1Cc2ccccc2C1. The molecule has 0 aromatic heterocycles. The molecule has 7 N–H and O–H groups in total. The zero-order valence-electron chi connectivity index (χ0n) is 22.1. The average molecular weight is 549 g/mol. The van der Waals surface area contributed by atoms with E-state index in [0.717, 1.165) is 17.7 Å². The van der Waals surface area contributed by atoms with Crippen LogP contribution in [0.3, 0.4) is 0 Å². The molecule has 3 aromatic rings. The maximum atomic E-state index is 14.3. The van der Waals surface area contributed by atoms with Crippen LogP contribution >= 0.6 is 0 Å². The molecule has 1 heterocycles. The van der Waals surface area contributed by atoms with E-state index in [0.29, 0.717) is 38.2 Å². The van der Waals surface area contributed by atoms with E-state index < -0.39 is 29.5 Å². The lowest BCUT2D eigenvalue weighted by atomic mass is 10.0. The molecule has 40 heavy (non-hydrogen) atoms. The molecule has 0 saturated carbocycles. The standard InChI is InChI=1S/C30H34F2N6O2/c1-19(36-16-24-25(31)14-23(39)15-26(24)32)27(12-7-13-35-30(33)34)37-29(40)28(20-8-3-2-4-9-20)38-17-21-10-5-6-11-22(21)18-38/h2-6,8-11,14-15,27-28,36,39H,1,7,12-13,16-18H2,(H,37,40)(H4,33,34,35). The van der Waals surface area contributed by atoms with Crippen molar-refractivity contribution in [3.05, 3.63) is 113 Å². The largest absolute Gasteiger partial charge is 0.508 e. The number of halogens is 2. The molecular formula is C30H34F2N6O2. The van der Waals surface area contributed by atoms with E-state index >= 15 is 0 Å². The topological polar surface area (TPSA) is 129 Å². The smallest absolute Gasteiger partial charge is 0.242 e. The third-order valence-corrected chi connectivity index (χ3v) is 6.89. The van der Waals surface area contributed by atoms with Gasteiger partial charge in [-0.3, -0.25) is 14.7 Å². The Morgan fingerprint density at radius 1 is 1.02 bits per heavy atom. The lowest BCUT2D eigenvalue weighted by molar-refractivity contribution is -0.127. The number of fused-ring (bicyclic) bond motifs is 1. The summed E-state index contributed by atoms with van der Waals surface area (Å²) in [5, 5.41) is 15.5. The zero-order valence-corrected chi connectivity index (χ0v) is 22.1. The maximum absolute atomic E-state index is 14.3. The van der Waals surface area contributed by atoms with Crippen LogP contribution in [0.2, 0.25) is 0 Å². The van der Waals surface area contributed by atoms with Crippen LogP contribution in [0, 0.1) is 11.6 Å². The van der Waals surface area contributed by atoms with Gasteiger partial charge in [-0.1, -0.05) is 61.2 Å². The number of amides is 1. The minimum absolute atomic E-state index is 0.0337. The first-order valence-corrected chi connectivity index (χ1v) is 13.0. The van der Waals surface area contributed by atoms with E-state index in [1.807, 2.05) is 42.5 Å². The van der Waals surface area contributed by atoms with Crippen molar-refractivity contribution >= 4 is 11.9 Å². The molecule has 0 fully saturated rings. The summed E-state index contributed by atoms with van der Waals surface area (Å²) in [6.45, 7) is 5.42. The number of phenolic OH excluding ortho intramolecular Hbond substituents is 1. The van der Waals surface area contributed by atoms with Gasteiger partial charge < -0.3 is 27.2 Å². The number of hydrogen-bond acceptors (Lipinski definition) is 5. The van der Waals surface area contributed by atoms with Crippen molar-refractivity contribution in [2.45, 2.75) is 44.6 Å². The summed E-state index contributed by atoms with van der Waals surface area (Å²) >= 11 is 0. The van der Waals surface area contributed by atoms with Crippen molar-refractivity contribution < 1.29 is 18.7 Å². The Morgan fingerprint density at radius 3 is 2.23 bits per heavy atom. The Hall–Kier alpha value is -4.44. The van der Waals surface area contributed by atoms with Gasteiger partial charge in [0.25, 0.3) is 0 Å². The Balaban J connectivity index is 1.53. The number of rotatable bonds is 12. The number of phenols is 1. The number of aliphatic imine (C=N–C) groups is 1. The molecule has 0 spiro atoms. The fourth-order valence-electron chi connectivity index (χ4n) is 4.88. The average Bonchev–Trinajstić information content (AvgIpc) is 3.33. The lowest BCUT2D eigenvalue weighted by Crippen LogP contribution is -2.45. The summed E-state index contributed by atoms with van der Waals surface area (Å²) in [7, 11) is 0. The Morgan fingerprint density at radius 2 is 1.62 bits per heavy atom. The molecule has 210 valence electrons. The predicted molar refractivity (Wildman–Crippen MR) is 151 cm³/mol. The first kappa shape index (κ1) is 28.6. The second kappa shape index (κ2) is 13.1. The molecule has 2 atom stereocenters. The van der Waals surface area contributed by atoms with Gasteiger partial charge in [0, 0.05) is 49.6 Å². The molecule has 0 bridgehead atoms. The van der Waals surface area contributed by atoms with Crippen LogP contribution < -0.4 is 22.1 Å². The molecule has 3 aromatic carbocycles. The number of carbonyl (C=O) groups excluding carboxylic acids is 1. The van der Waals surface area contributed by atoms with E-state index in [-0.39, 0.29) is 24.0 Å². The lowest BCUT2D eigenvalue weighted by Gasteiger charge is -2.30. The van der Waals surface area contributed by atoms with Crippen molar-refractivity contribution in [2.75, 3.05) is 6.54 Å². The molecule has 4 rings (SSSR count). The first-order valence-electron chi connectivity index (χ1n) is 13.0. The van der Waals surface area contributed by atoms with Crippen molar-refractivity contribution in [1.82, 2.24) is 15.5 Å². The number of nitrogens with one attached hydrogen (secondary N) is 2. The van der Waals surface area contributed by atoms with E-state index in [1.165, 1.54) is 11.1 Å². The van der Waals surface area contributed by atoms with Gasteiger partial charge in [-0.25, -0.2) is 8.78 Å². The number of aromatic hydroxyl groups is 1. The molecule has 2 unspecified atom stereocenters. The van der Waals surface area contributed by atoms with Gasteiger partial charge in [-0.15, -0.1) is 0 Å². The number of nitrogens with two attached hydrogens (primary N) is 2. The highest BCUT2D eigenvalue weighted by Crippen LogP contribution is 2.32. The van der Waals surface area contributed by atoms with Crippen molar-refractivity contribution in [3.8, 4) is 5.75 Å².